The molecule has 116 valence electrons. The number of hydrogen-bond donors (Lipinski definition) is 1. The second kappa shape index (κ2) is 8.00. The topological polar surface area (TPSA) is 50.8 Å². The molecular weight excluding hydrogens is 268 g/mol. The Morgan fingerprint density at radius 1 is 1.29 bits per heavy atom. The van der Waals surface area contributed by atoms with E-state index < -0.39 is 0 Å². The van der Waals surface area contributed by atoms with Crippen molar-refractivity contribution in [3.63, 3.8) is 0 Å². The van der Waals surface area contributed by atoms with Crippen LogP contribution in [0.2, 0.25) is 0 Å². The third-order valence-electron chi connectivity index (χ3n) is 3.57. The average Bonchev–Trinajstić information content (AvgIpc) is 2.49. The number of rotatable bonds is 6. The smallest absolute Gasteiger partial charge is 0.344 e. The summed E-state index contributed by atoms with van der Waals surface area (Å²) in [6, 6.07) is 5.94. The maximum atomic E-state index is 11.7. The largest absolute Gasteiger partial charge is 0.482 e. The molecule has 0 amide bonds. The molecule has 1 N–H and O–H groups in total. The Labute approximate surface area is 126 Å². The molecule has 1 heterocycles. The lowest BCUT2D eigenvalue weighted by molar-refractivity contribution is -0.146. The summed E-state index contributed by atoms with van der Waals surface area (Å²) in [7, 11) is 0. The molecule has 1 saturated heterocycles. The molecule has 0 aliphatic carbocycles. The third-order valence-corrected chi connectivity index (χ3v) is 3.57. The highest BCUT2D eigenvalue weighted by Crippen LogP contribution is 2.18. The van der Waals surface area contributed by atoms with Gasteiger partial charge in [-0.25, -0.2) is 4.79 Å². The number of nitrogens with one attached hydrogen (secondary N) is 1. The first-order chi connectivity index (χ1) is 10.1. The normalized spacial score (nSPS) is 15.7. The predicted molar refractivity (Wildman–Crippen MR) is 81.7 cm³/mol. The zero-order valence-electron chi connectivity index (χ0n) is 12.9. The number of carbonyl (C=O) groups excluding carboxylic acids is 1. The van der Waals surface area contributed by atoms with Crippen LogP contribution in [0.25, 0.3) is 0 Å². The van der Waals surface area contributed by atoms with Crippen molar-refractivity contribution in [2.75, 3.05) is 45.9 Å². The van der Waals surface area contributed by atoms with E-state index in [1.165, 1.54) is 0 Å². The summed E-state index contributed by atoms with van der Waals surface area (Å²) < 4.78 is 10.7. The minimum Gasteiger partial charge on any atom is -0.482 e. The van der Waals surface area contributed by atoms with E-state index in [0.29, 0.717) is 6.61 Å². The van der Waals surface area contributed by atoms with Crippen molar-refractivity contribution in [3.8, 4) is 5.75 Å². The summed E-state index contributed by atoms with van der Waals surface area (Å²) in [5.74, 6) is 0.431. The fraction of sp³-hybridized carbons (Fsp3) is 0.562. The molecule has 1 fully saturated rings. The van der Waals surface area contributed by atoms with E-state index >= 15 is 0 Å². The molecule has 21 heavy (non-hydrogen) atoms. The Hall–Kier alpha value is -1.59. The summed E-state index contributed by atoms with van der Waals surface area (Å²) in [5, 5.41) is 3.29. The Balaban J connectivity index is 1.66. The van der Waals surface area contributed by atoms with Gasteiger partial charge in [-0.3, -0.25) is 4.90 Å². The van der Waals surface area contributed by atoms with Crippen LogP contribution < -0.4 is 10.1 Å². The summed E-state index contributed by atoms with van der Waals surface area (Å²) in [6.07, 6.45) is 0. The molecule has 0 spiro atoms. The molecule has 5 heteroatoms. The second-order valence-corrected chi connectivity index (χ2v) is 5.37. The molecule has 2 rings (SSSR count). The summed E-state index contributed by atoms with van der Waals surface area (Å²) >= 11 is 0. The van der Waals surface area contributed by atoms with Crippen LogP contribution in [0, 0.1) is 13.8 Å². The van der Waals surface area contributed by atoms with Crippen molar-refractivity contribution in [2.24, 2.45) is 0 Å². The van der Waals surface area contributed by atoms with E-state index in [-0.39, 0.29) is 12.6 Å². The highest BCUT2D eigenvalue weighted by molar-refractivity contribution is 5.71. The number of ether oxygens (including phenoxy) is 2. The molecule has 0 radical (unpaired) electrons. The molecule has 1 aliphatic rings. The molecule has 1 aromatic carbocycles. The summed E-state index contributed by atoms with van der Waals surface area (Å²) in [6.45, 7) is 9.17. The van der Waals surface area contributed by atoms with Crippen molar-refractivity contribution in [1.29, 1.82) is 0 Å². The highest BCUT2D eigenvalue weighted by atomic mass is 16.6. The van der Waals surface area contributed by atoms with E-state index in [1.54, 1.807) is 0 Å². The van der Waals surface area contributed by atoms with E-state index in [0.717, 1.165) is 49.6 Å². The number of esters is 1. The number of carbonyl (C=O) groups is 1. The molecule has 0 aromatic heterocycles. The van der Waals surface area contributed by atoms with E-state index in [9.17, 15) is 4.79 Å². The summed E-state index contributed by atoms with van der Waals surface area (Å²) in [4.78, 5) is 14.0. The molecule has 1 aromatic rings. The standard InChI is InChI=1S/C16H24N2O3/c1-13-3-4-14(2)15(11-13)21-12-16(19)20-10-9-18-7-5-17-6-8-18/h3-4,11,17H,5-10,12H2,1-2H3. The monoisotopic (exact) mass is 292 g/mol. The lowest BCUT2D eigenvalue weighted by atomic mass is 10.1. The Morgan fingerprint density at radius 2 is 2.05 bits per heavy atom. The van der Waals surface area contributed by atoms with Gasteiger partial charge < -0.3 is 14.8 Å². The molecule has 0 saturated carbocycles. The SMILES string of the molecule is Cc1ccc(C)c(OCC(=O)OCCN2CCNCC2)c1. The fourth-order valence-electron chi connectivity index (χ4n) is 2.26. The first-order valence-corrected chi connectivity index (χ1v) is 7.44. The zero-order chi connectivity index (χ0) is 15.1. The van der Waals surface area contributed by atoms with Crippen LogP contribution in [-0.2, 0) is 9.53 Å². The van der Waals surface area contributed by atoms with Crippen LogP contribution in [0.1, 0.15) is 11.1 Å². The number of hydrogen-bond acceptors (Lipinski definition) is 5. The molecular formula is C16H24N2O3. The minimum atomic E-state index is -0.314. The van der Waals surface area contributed by atoms with Gasteiger partial charge >= 0.3 is 5.97 Å². The van der Waals surface area contributed by atoms with Crippen molar-refractivity contribution < 1.29 is 14.3 Å². The van der Waals surface area contributed by atoms with Crippen molar-refractivity contribution >= 4 is 5.97 Å². The Kier molecular flexibility index (Phi) is 6.02. The van der Waals surface area contributed by atoms with Gasteiger partial charge in [-0.05, 0) is 31.0 Å². The van der Waals surface area contributed by atoms with E-state index in [4.69, 9.17) is 9.47 Å². The lowest BCUT2D eigenvalue weighted by Gasteiger charge is -2.26. The van der Waals surface area contributed by atoms with Gasteiger partial charge in [-0.1, -0.05) is 12.1 Å². The van der Waals surface area contributed by atoms with Gasteiger partial charge in [-0.15, -0.1) is 0 Å². The summed E-state index contributed by atoms with van der Waals surface area (Å²) in [5.41, 5.74) is 2.14. The molecule has 0 bridgehead atoms. The molecule has 5 nitrogen and oxygen atoms in total. The van der Waals surface area contributed by atoms with Crippen molar-refractivity contribution in [1.82, 2.24) is 10.2 Å². The van der Waals surface area contributed by atoms with Crippen LogP contribution in [0.15, 0.2) is 18.2 Å². The lowest BCUT2D eigenvalue weighted by Crippen LogP contribution is -2.44. The molecule has 0 unspecified atom stereocenters. The van der Waals surface area contributed by atoms with Crippen LogP contribution in [0.3, 0.4) is 0 Å². The number of benzene rings is 1. The fourth-order valence-corrected chi connectivity index (χ4v) is 2.26. The maximum absolute atomic E-state index is 11.7. The first-order valence-electron chi connectivity index (χ1n) is 7.44. The van der Waals surface area contributed by atoms with Crippen LogP contribution in [0.4, 0.5) is 0 Å². The van der Waals surface area contributed by atoms with Gasteiger partial charge in [0.15, 0.2) is 6.61 Å². The van der Waals surface area contributed by atoms with Crippen molar-refractivity contribution in [2.45, 2.75) is 13.8 Å². The van der Waals surface area contributed by atoms with E-state index in [2.05, 4.69) is 10.2 Å². The average molecular weight is 292 g/mol. The predicted octanol–water partition coefficient (Wildman–Crippen LogP) is 1.13. The molecule has 0 atom stereocenters. The quantitative estimate of drug-likeness (QED) is 0.797. The Morgan fingerprint density at radius 3 is 2.81 bits per heavy atom. The van der Waals surface area contributed by atoms with Gasteiger partial charge in [0, 0.05) is 32.7 Å². The van der Waals surface area contributed by atoms with Gasteiger partial charge in [0.05, 0.1) is 0 Å². The zero-order valence-corrected chi connectivity index (χ0v) is 12.9. The van der Waals surface area contributed by atoms with Gasteiger partial charge in [0.25, 0.3) is 0 Å². The number of aryl methyl sites for hydroxylation is 2. The number of piperazine rings is 1. The van der Waals surface area contributed by atoms with Gasteiger partial charge in [0.2, 0.25) is 0 Å². The first kappa shape index (κ1) is 15.8. The van der Waals surface area contributed by atoms with Crippen molar-refractivity contribution in [3.05, 3.63) is 29.3 Å². The van der Waals surface area contributed by atoms with Crippen LogP contribution >= 0.6 is 0 Å². The minimum absolute atomic E-state index is 0.0359. The third kappa shape index (κ3) is 5.36. The maximum Gasteiger partial charge on any atom is 0.344 e. The molecule has 1 aliphatic heterocycles. The van der Waals surface area contributed by atoms with Crippen LogP contribution in [-0.4, -0.2) is 56.8 Å². The van der Waals surface area contributed by atoms with E-state index in [1.807, 2.05) is 32.0 Å². The highest BCUT2D eigenvalue weighted by Gasteiger charge is 2.11. The Bertz CT molecular complexity index is 471. The van der Waals surface area contributed by atoms with Gasteiger partial charge in [-0.2, -0.15) is 0 Å². The van der Waals surface area contributed by atoms with Gasteiger partial charge in [0.1, 0.15) is 12.4 Å². The second-order valence-electron chi connectivity index (χ2n) is 5.37. The van der Waals surface area contributed by atoms with Crippen LogP contribution in [0.5, 0.6) is 5.75 Å². The number of nitrogens with zero attached hydrogens (tertiary/aromatic N) is 1.